The van der Waals surface area contributed by atoms with Crippen LogP contribution in [0.3, 0.4) is 0 Å². The molecule has 10 nitrogen and oxygen atoms in total. The van der Waals surface area contributed by atoms with Gasteiger partial charge in [-0.1, -0.05) is 6.07 Å². The van der Waals surface area contributed by atoms with Crippen molar-refractivity contribution in [2.24, 2.45) is 5.41 Å². The average Bonchev–Trinajstić information content (AvgIpc) is 3.63. The molecule has 208 valence electrons. The van der Waals surface area contributed by atoms with Gasteiger partial charge in [0.1, 0.15) is 11.6 Å². The number of pyridine rings is 1. The number of halogens is 1. The SMILES string of the molecule is C[C@@H]1CN(c2cccc(NC(=O)c3ccc(NS(=O)(=O)CCO)cc3N3CCC4(CC3)CC4)n2)CCO1.Cl. The van der Waals surface area contributed by atoms with Gasteiger partial charge in [0.05, 0.1) is 42.0 Å². The highest BCUT2D eigenvalue weighted by atomic mass is 35.5. The summed E-state index contributed by atoms with van der Waals surface area (Å²) in [5, 5.41) is 12.0. The third-order valence-electron chi connectivity index (χ3n) is 7.54. The summed E-state index contributed by atoms with van der Waals surface area (Å²) in [5.41, 5.74) is 1.98. The maximum Gasteiger partial charge on any atom is 0.258 e. The quantitative estimate of drug-likeness (QED) is 0.446. The summed E-state index contributed by atoms with van der Waals surface area (Å²) in [6.07, 6.45) is 4.77. The number of amides is 1. The van der Waals surface area contributed by atoms with Crippen LogP contribution in [0.2, 0.25) is 0 Å². The molecule has 1 aromatic heterocycles. The first-order chi connectivity index (χ1) is 17.8. The van der Waals surface area contributed by atoms with Gasteiger partial charge < -0.3 is 25.0 Å². The van der Waals surface area contributed by atoms with Crippen LogP contribution in [0, 0.1) is 5.41 Å². The Bertz CT molecular complexity index is 1250. The van der Waals surface area contributed by atoms with Gasteiger partial charge in [-0.05, 0) is 68.4 Å². The fraction of sp³-hybridized carbons (Fsp3) is 0.538. The molecule has 2 aliphatic heterocycles. The number of nitrogens with zero attached hydrogens (tertiary/aromatic N) is 3. The molecular formula is C26H36ClN5O5S. The Hall–Kier alpha value is -2.60. The molecular weight excluding hydrogens is 530 g/mol. The zero-order chi connectivity index (χ0) is 26.0. The predicted octanol–water partition coefficient (Wildman–Crippen LogP) is 3.10. The summed E-state index contributed by atoms with van der Waals surface area (Å²) in [4.78, 5) is 22.4. The molecule has 12 heteroatoms. The minimum atomic E-state index is -3.68. The average molecular weight is 566 g/mol. The lowest BCUT2D eigenvalue weighted by atomic mass is 9.93. The Morgan fingerprint density at radius 2 is 1.89 bits per heavy atom. The summed E-state index contributed by atoms with van der Waals surface area (Å²) in [7, 11) is -3.68. The second kappa shape index (κ2) is 11.6. The number of morpholine rings is 1. The third kappa shape index (κ3) is 6.69. The highest BCUT2D eigenvalue weighted by Crippen LogP contribution is 2.54. The minimum absolute atomic E-state index is 0. The fourth-order valence-electron chi connectivity index (χ4n) is 5.18. The predicted molar refractivity (Wildman–Crippen MR) is 151 cm³/mol. The number of nitrogens with one attached hydrogen (secondary N) is 2. The van der Waals surface area contributed by atoms with E-state index >= 15 is 0 Å². The number of sulfonamides is 1. The van der Waals surface area contributed by atoms with Gasteiger partial charge in [0.25, 0.3) is 5.91 Å². The summed E-state index contributed by atoms with van der Waals surface area (Å²) in [6, 6.07) is 10.5. The maximum absolute atomic E-state index is 13.5. The normalized spacial score (nSPS) is 20.5. The summed E-state index contributed by atoms with van der Waals surface area (Å²) in [6.45, 7) is 5.30. The van der Waals surface area contributed by atoms with E-state index in [2.05, 4.69) is 24.8 Å². The van der Waals surface area contributed by atoms with E-state index in [9.17, 15) is 13.2 Å². The molecule has 1 atom stereocenters. The molecule has 1 spiro atoms. The van der Waals surface area contributed by atoms with E-state index < -0.39 is 16.6 Å². The number of aliphatic hydroxyl groups is 1. The molecule has 0 unspecified atom stereocenters. The number of piperidine rings is 1. The van der Waals surface area contributed by atoms with Crippen LogP contribution in [0.4, 0.5) is 23.0 Å². The molecule has 1 saturated carbocycles. The van der Waals surface area contributed by atoms with E-state index in [1.165, 1.54) is 12.8 Å². The third-order valence-corrected chi connectivity index (χ3v) is 8.81. The zero-order valence-corrected chi connectivity index (χ0v) is 23.2. The second-order valence-electron chi connectivity index (χ2n) is 10.3. The van der Waals surface area contributed by atoms with Crippen molar-refractivity contribution < 1.29 is 23.1 Å². The van der Waals surface area contributed by atoms with Crippen LogP contribution in [0.15, 0.2) is 36.4 Å². The van der Waals surface area contributed by atoms with E-state index in [-0.39, 0.29) is 30.2 Å². The number of aliphatic hydroxyl groups excluding tert-OH is 1. The maximum atomic E-state index is 13.5. The van der Waals surface area contributed by atoms with E-state index in [0.29, 0.717) is 34.8 Å². The van der Waals surface area contributed by atoms with Gasteiger partial charge in [-0.2, -0.15) is 0 Å². The number of hydrogen-bond acceptors (Lipinski definition) is 8. The molecule has 0 radical (unpaired) electrons. The van der Waals surface area contributed by atoms with Gasteiger partial charge in [0, 0.05) is 26.2 Å². The Labute approximate surface area is 230 Å². The highest BCUT2D eigenvalue weighted by molar-refractivity contribution is 7.92. The van der Waals surface area contributed by atoms with Gasteiger partial charge in [0.15, 0.2) is 0 Å². The molecule has 2 saturated heterocycles. The number of rotatable bonds is 8. The Balaban J connectivity index is 0.00000336. The number of anilines is 4. The first-order valence-electron chi connectivity index (χ1n) is 12.9. The van der Waals surface area contributed by atoms with Gasteiger partial charge >= 0.3 is 0 Å². The standard InChI is InChI=1S/C26H35N5O5S.ClH/c1-19-18-31(13-15-36-19)24-4-2-3-23(27-24)28-25(33)21-6-5-20(29-37(34,35)16-14-32)17-22(21)30-11-9-26(7-8-26)10-12-30;/h2-6,17,19,29,32H,7-16,18H2,1H3,(H,27,28,33);1H/t19-;/m1./s1. The fourth-order valence-corrected chi connectivity index (χ4v) is 6.01. The van der Waals surface area contributed by atoms with Crippen molar-refractivity contribution in [3.63, 3.8) is 0 Å². The Kier molecular flexibility index (Phi) is 8.71. The first-order valence-corrected chi connectivity index (χ1v) is 14.6. The zero-order valence-electron chi connectivity index (χ0n) is 21.6. The first kappa shape index (κ1) is 28.4. The molecule has 38 heavy (non-hydrogen) atoms. The molecule has 1 aromatic carbocycles. The van der Waals surface area contributed by atoms with E-state index in [0.717, 1.165) is 44.8 Å². The van der Waals surface area contributed by atoms with Crippen LogP contribution >= 0.6 is 12.4 Å². The smallest absolute Gasteiger partial charge is 0.258 e. The van der Waals surface area contributed by atoms with Crippen LogP contribution in [0.1, 0.15) is 43.0 Å². The Morgan fingerprint density at radius 1 is 1.13 bits per heavy atom. The molecule has 1 amide bonds. The number of benzene rings is 1. The van der Waals surface area contributed by atoms with Gasteiger partial charge in [0.2, 0.25) is 10.0 Å². The number of ether oxygens (including phenoxy) is 1. The Morgan fingerprint density at radius 3 is 2.58 bits per heavy atom. The lowest BCUT2D eigenvalue weighted by Crippen LogP contribution is -2.41. The van der Waals surface area contributed by atoms with Crippen molar-refractivity contribution in [3.8, 4) is 0 Å². The largest absolute Gasteiger partial charge is 0.395 e. The van der Waals surface area contributed by atoms with E-state index in [1.54, 1.807) is 24.3 Å². The van der Waals surface area contributed by atoms with E-state index in [4.69, 9.17) is 9.84 Å². The summed E-state index contributed by atoms with van der Waals surface area (Å²) >= 11 is 0. The molecule has 3 heterocycles. The highest BCUT2D eigenvalue weighted by Gasteiger charge is 2.44. The lowest BCUT2D eigenvalue weighted by molar-refractivity contribution is 0.0529. The molecule has 2 aromatic rings. The van der Waals surface area contributed by atoms with Crippen LogP contribution in [-0.2, 0) is 14.8 Å². The molecule has 0 bridgehead atoms. The van der Waals surface area contributed by atoms with Crippen molar-refractivity contribution in [3.05, 3.63) is 42.0 Å². The lowest BCUT2D eigenvalue weighted by Gasteiger charge is -2.35. The van der Waals surface area contributed by atoms with Gasteiger partial charge in [-0.25, -0.2) is 13.4 Å². The van der Waals surface area contributed by atoms with E-state index in [1.807, 2.05) is 19.1 Å². The van der Waals surface area contributed by atoms with Crippen LogP contribution in [0.5, 0.6) is 0 Å². The molecule has 3 aliphatic rings. The van der Waals surface area contributed by atoms with Crippen molar-refractivity contribution in [2.75, 3.05) is 65.0 Å². The van der Waals surface area contributed by atoms with Crippen molar-refractivity contribution in [2.45, 2.75) is 38.7 Å². The summed E-state index contributed by atoms with van der Waals surface area (Å²) in [5.74, 6) is 0.552. The topological polar surface area (TPSA) is 124 Å². The van der Waals surface area contributed by atoms with Crippen molar-refractivity contribution in [1.82, 2.24) is 4.98 Å². The van der Waals surface area contributed by atoms with Crippen molar-refractivity contribution >= 4 is 51.3 Å². The molecule has 3 N–H and O–H groups in total. The van der Waals surface area contributed by atoms with Crippen molar-refractivity contribution in [1.29, 1.82) is 0 Å². The molecule has 3 fully saturated rings. The van der Waals surface area contributed by atoms with Gasteiger partial charge in [-0.3, -0.25) is 9.52 Å². The van der Waals surface area contributed by atoms with Crippen LogP contribution in [0.25, 0.3) is 0 Å². The second-order valence-corrected chi connectivity index (χ2v) is 12.2. The number of carbonyl (C=O) groups is 1. The monoisotopic (exact) mass is 565 g/mol. The number of carbonyl (C=O) groups excluding carboxylic acids is 1. The number of hydrogen-bond donors (Lipinski definition) is 3. The van der Waals surface area contributed by atoms with Crippen LogP contribution in [-0.4, -0.2) is 75.7 Å². The summed E-state index contributed by atoms with van der Waals surface area (Å²) < 4.78 is 32.6. The molecule has 5 rings (SSSR count). The molecule has 1 aliphatic carbocycles. The van der Waals surface area contributed by atoms with Gasteiger partial charge in [-0.15, -0.1) is 12.4 Å². The number of aromatic nitrogens is 1. The minimum Gasteiger partial charge on any atom is -0.395 e. The van der Waals surface area contributed by atoms with Crippen LogP contribution < -0.4 is 19.8 Å².